The molecule has 0 bridgehead atoms. The third-order valence-electron chi connectivity index (χ3n) is 5.84. The number of benzene rings is 2. The third kappa shape index (κ3) is 3.75. The summed E-state index contributed by atoms with van der Waals surface area (Å²) in [6.45, 7) is 3.74. The molecular weight excluding hydrogens is 408 g/mol. The highest BCUT2D eigenvalue weighted by Crippen LogP contribution is 2.44. The fourth-order valence-electron chi connectivity index (χ4n) is 4.14. The molecule has 2 aromatic carbocycles. The fourth-order valence-corrected chi connectivity index (χ4v) is 4.43. The molecule has 30 heavy (non-hydrogen) atoms. The molecule has 5 atom stereocenters. The van der Waals surface area contributed by atoms with Crippen molar-refractivity contribution in [3.8, 4) is 5.75 Å². The van der Waals surface area contributed by atoms with E-state index in [1.165, 1.54) is 0 Å². The Morgan fingerprint density at radius 2 is 1.83 bits per heavy atom. The van der Waals surface area contributed by atoms with E-state index in [-0.39, 0.29) is 0 Å². The lowest BCUT2D eigenvalue weighted by Crippen LogP contribution is -2.55. The standard InChI is InChI=1S/C23H25ClO6/c1-2-12-3-5-13(6-4-12)9-14-10-16(15-7-8-29-22(15)18(14)24)23-21(28)20(27)19(26)17(11-25)30-23/h2-6,10,17,19-21,23,25-28H,1,7-9,11H2. The summed E-state index contributed by atoms with van der Waals surface area (Å²) in [6, 6.07) is 9.80. The van der Waals surface area contributed by atoms with Crippen LogP contribution in [-0.2, 0) is 17.6 Å². The lowest BCUT2D eigenvalue weighted by atomic mass is 9.87. The van der Waals surface area contributed by atoms with E-state index in [0.29, 0.717) is 35.8 Å². The lowest BCUT2D eigenvalue weighted by Gasteiger charge is -2.40. The summed E-state index contributed by atoms with van der Waals surface area (Å²) in [5.74, 6) is 0.559. The Balaban J connectivity index is 1.73. The van der Waals surface area contributed by atoms with Crippen molar-refractivity contribution in [1.29, 1.82) is 0 Å². The van der Waals surface area contributed by atoms with Gasteiger partial charge in [0.15, 0.2) is 0 Å². The van der Waals surface area contributed by atoms with Gasteiger partial charge in [-0.2, -0.15) is 0 Å². The van der Waals surface area contributed by atoms with Crippen LogP contribution in [0, 0.1) is 0 Å². The maximum atomic E-state index is 10.6. The molecule has 1 saturated heterocycles. The van der Waals surface area contributed by atoms with E-state index in [0.717, 1.165) is 22.3 Å². The van der Waals surface area contributed by atoms with Gasteiger partial charge in [-0.25, -0.2) is 0 Å². The molecule has 1 fully saturated rings. The number of hydrogen-bond acceptors (Lipinski definition) is 6. The number of hydrogen-bond donors (Lipinski definition) is 4. The van der Waals surface area contributed by atoms with Crippen LogP contribution in [0.25, 0.3) is 6.08 Å². The van der Waals surface area contributed by atoms with Crippen LogP contribution in [0.2, 0.25) is 5.02 Å². The summed E-state index contributed by atoms with van der Waals surface area (Å²) in [5.41, 5.74) is 4.33. The van der Waals surface area contributed by atoms with E-state index in [1.54, 1.807) is 6.08 Å². The van der Waals surface area contributed by atoms with Gasteiger partial charge in [-0.15, -0.1) is 0 Å². The van der Waals surface area contributed by atoms with E-state index >= 15 is 0 Å². The second-order valence-corrected chi connectivity index (χ2v) is 8.09. The number of rotatable bonds is 5. The Morgan fingerprint density at radius 3 is 2.50 bits per heavy atom. The van der Waals surface area contributed by atoms with Gasteiger partial charge in [-0.1, -0.05) is 54.6 Å². The molecule has 4 N–H and O–H groups in total. The Morgan fingerprint density at radius 1 is 1.10 bits per heavy atom. The molecule has 0 saturated carbocycles. The van der Waals surface area contributed by atoms with E-state index in [4.69, 9.17) is 21.1 Å². The van der Waals surface area contributed by atoms with Gasteiger partial charge in [0.1, 0.15) is 36.3 Å². The Bertz CT molecular complexity index is 926. The van der Waals surface area contributed by atoms with Crippen molar-refractivity contribution in [3.63, 3.8) is 0 Å². The molecule has 7 heteroatoms. The summed E-state index contributed by atoms with van der Waals surface area (Å²) in [5, 5.41) is 41.0. The zero-order chi connectivity index (χ0) is 21.4. The van der Waals surface area contributed by atoms with E-state index in [9.17, 15) is 20.4 Å². The molecule has 0 amide bonds. The van der Waals surface area contributed by atoms with Crippen LogP contribution >= 0.6 is 11.6 Å². The predicted molar refractivity (Wildman–Crippen MR) is 113 cm³/mol. The molecule has 5 unspecified atom stereocenters. The van der Waals surface area contributed by atoms with Gasteiger partial charge in [0.2, 0.25) is 0 Å². The molecule has 4 rings (SSSR count). The number of fused-ring (bicyclic) bond motifs is 1. The molecule has 2 aliphatic rings. The smallest absolute Gasteiger partial charge is 0.141 e. The minimum atomic E-state index is -1.44. The Hall–Kier alpha value is -1.93. The van der Waals surface area contributed by atoms with Crippen LogP contribution in [0.15, 0.2) is 36.9 Å². The van der Waals surface area contributed by atoms with Gasteiger partial charge in [-0.3, -0.25) is 0 Å². The molecular formula is C23H25ClO6. The van der Waals surface area contributed by atoms with Crippen molar-refractivity contribution in [2.75, 3.05) is 13.2 Å². The second-order valence-electron chi connectivity index (χ2n) is 7.72. The minimum absolute atomic E-state index is 0.455. The van der Waals surface area contributed by atoms with Crippen LogP contribution in [0.5, 0.6) is 5.75 Å². The first-order chi connectivity index (χ1) is 14.4. The maximum Gasteiger partial charge on any atom is 0.141 e. The number of halogens is 1. The predicted octanol–water partition coefficient (Wildman–Crippen LogP) is 2.02. The van der Waals surface area contributed by atoms with E-state index in [1.807, 2.05) is 30.3 Å². The molecule has 6 nitrogen and oxygen atoms in total. The van der Waals surface area contributed by atoms with E-state index < -0.39 is 37.1 Å². The quantitative estimate of drug-likeness (QED) is 0.577. The Kier molecular flexibility index (Phi) is 6.16. The summed E-state index contributed by atoms with van der Waals surface area (Å²) < 4.78 is 11.6. The largest absolute Gasteiger partial charge is 0.491 e. The molecule has 0 aliphatic carbocycles. The van der Waals surface area contributed by atoms with Gasteiger partial charge in [0, 0.05) is 12.0 Å². The molecule has 2 aliphatic heterocycles. The summed E-state index contributed by atoms with van der Waals surface area (Å²) in [4.78, 5) is 0. The Labute approximate surface area is 180 Å². The van der Waals surface area contributed by atoms with E-state index in [2.05, 4.69) is 6.58 Å². The molecule has 0 aromatic heterocycles. The molecule has 0 radical (unpaired) electrons. The van der Waals surface area contributed by atoms with Crippen molar-refractivity contribution >= 4 is 17.7 Å². The first kappa shape index (κ1) is 21.3. The summed E-state index contributed by atoms with van der Waals surface area (Å²) in [7, 11) is 0. The summed E-state index contributed by atoms with van der Waals surface area (Å²) >= 11 is 6.64. The maximum absolute atomic E-state index is 10.6. The average Bonchev–Trinajstić information content (AvgIpc) is 3.26. The first-order valence-corrected chi connectivity index (χ1v) is 10.3. The summed E-state index contributed by atoms with van der Waals surface area (Å²) in [6.07, 6.45) is -3.19. The van der Waals surface area contributed by atoms with Crippen molar-refractivity contribution in [3.05, 3.63) is 69.8 Å². The highest BCUT2D eigenvalue weighted by molar-refractivity contribution is 6.33. The van der Waals surface area contributed by atoms with Gasteiger partial charge in [0.25, 0.3) is 0 Å². The zero-order valence-electron chi connectivity index (χ0n) is 16.4. The lowest BCUT2D eigenvalue weighted by molar-refractivity contribution is -0.231. The fraction of sp³-hybridized carbons (Fsp3) is 0.391. The molecule has 160 valence electrons. The normalized spacial score (nSPS) is 28.1. The van der Waals surface area contributed by atoms with Crippen LogP contribution < -0.4 is 4.74 Å². The van der Waals surface area contributed by atoms with Crippen LogP contribution in [0.3, 0.4) is 0 Å². The van der Waals surface area contributed by atoms with Crippen molar-refractivity contribution in [2.45, 2.75) is 43.4 Å². The molecule has 0 spiro atoms. The van der Waals surface area contributed by atoms with Crippen LogP contribution in [0.4, 0.5) is 0 Å². The third-order valence-corrected chi connectivity index (χ3v) is 6.26. The van der Waals surface area contributed by atoms with Gasteiger partial charge < -0.3 is 29.9 Å². The van der Waals surface area contributed by atoms with Crippen LogP contribution in [-0.4, -0.2) is 58.1 Å². The minimum Gasteiger partial charge on any atom is -0.491 e. The second kappa shape index (κ2) is 8.67. The average molecular weight is 433 g/mol. The highest BCUT2D eigenvalue weighted by Gasteiger charge is 2.45. The topological polar surface area (TPSA) is 99.4 Å². The van der Waals surface area contributed by atoms with Gasteiger partial charge >= 0.3 is 0 Å². The van der Waals surface area contributed by atoms with Crippen molar-refractivity contribution in [2.24, 2.45) is 0 Å². The highest BCUT2D eigenvalue weighted by atomic mass is 35.5. The number of aliphatic hydroxyl groups excluding tert-OH is 4. The van der Waals surface area contributed by atoms with Gasteiger partial charge in [-0.05, 0) is 28.7 Å². The monoisotopic (exact) mass is 432 g/mol. The molecule has 2 heterocycles. The number of ether oxygens (including phenoxy) is 2. The zero-order valence-corrected chi connectivity index (χ0v) is 17.1. The van der Waals surface area contributed by atoms with Gasteiger partial charge in [0.05, 0.1) is 18.2 Å². The number of aliphatic hydroxyl groups is 4. The van der Waals surface area contributed by atoms with Crippen molar-refractivity contribution < 1.29 is 29.9 Å². The molecule has 2 aromatic rings. The van der Waals surface area contributed by atoms with Crippen molar-refractivity contribution in [1.82, 2.24) is 0 Å². The SMILES string of the molecule is C=Cc1ccc(Cc2cc(C3OC(CO)C(O)C(O)C3O)c3c(c2Cl)OCC3)cc1. The first-order valence-electron chi connectivity index (χ1n) is 9.93. The van der Waals surface area contributed by atoms with Crippen LogP contribution in [0.1, 0.15) is 33.9 Å².